The van der Waals surface area contributed by atoms with Gasteiger partial charge in [0.05, 0.1) is 0 Å². The molecule has 1 saturated carbocycles. The Morgan fingerprint density at radius 3 is 2.24 bits per heavy atom. The van der Waals surface area contributed by atoms with Crippen molar-refractivity contribution in [2.24, 2.45) is 5.73 Å². The van der Waals surface area contributed by atoms with Crippen LogP contribution >= 0.6 is 0 Å². The quantitative estimate of drug-likeness (QED) is 0.924. The van der Waals surface area contributed by atoms with Gasteiger partial charge >= 0.3 is 0 Å². The predicted octanol–water partition coefficient (Wildman–Crippen LogP) is 2.86. The Morgan fingerprint density at radius 2 is 1.57 bits per heavy atom. The van der Waals surface area contributed by atoms with Gasteiger partial charge in [0.15, 0.2) is 0 Å². The molecule has 0 radical (unpaired) electrons. The molecule has 1 aromatic rings. The molecule has 0 amide bonds. The lowest BCUT2D eigenvalue weighted by atomic mass is 9.80. The number of para-hydroxylation sites is 1. The van der Waals surface area contributed by atoms with Crippen molar-refractivity contribution >= 4 is 5.69 Å². The summed E-state index contributed by atoms with van der Waals surface area (Å²) in [6.45, 7) is 5.80. The molecule has 0 spiro atoms. The van der Waals surface area contributed by atoms with Crippen LogP contribution in [0.5, 0.6) is 0 Å². The molecule has 2 fully saturated rings. The van der Waals surface area contributed by atoms with E-state index in [-0.39, 0.29) is 5.54 Å². The first kappa shape index (κ1) is 14.9. The molecule has 2 aliphatic rings. The van der Waals surface area contributed by atoms with E-state index in [0.29, 0.717) is 0 Å². The van der Waals surface area contributed by atoms with E-state index >= 15 is 0 Å². The summed E-state index contributed by atoms with van der Waals surface area (Å²) in [5, 5.41) is 0. The van der Waals surface area contributed by atoms with E-state index in [1.165, 1.54) is 63.8 Å². The second kappa shape index (κ2) is 6.80. The smallest absolute Gasteiger partial charge is 0.0367 e. The molecule has 0 atom stereocenters. The zero-order valence-electron chi connectivity index (χ0n) is 13.1. The Hall–Kier alpha value is -1.06. The molecular formula is C18H29N3. The highest BCUT2D eigenvalue weighted by Crippen LogP contribution is 2.29. The first-order valence-electron chi connectivity index (χ1n) is 8.56. The summed E-state index contributed by atoms with van der Waals surface area (Å²) in [5.41, 5.74) is 8.05. The zero-order valence-corrected chi connectivity index (χ0v) is 13.1. The van der Waals surface area contributed by atoms with E-state index in [9.17, 15) is 0 Å². The Labute approximate surface area is 129 Å². The molecule has 0 unspecified atom stereocenters. The van der Waals surface area contributed by atoms with Gasteiger partial charge in [-0.05, 0) is 31.4 Å². The van der Waals surface area contributed by atoms with Crippen molar-refractivity contribution in [1.29, 1.82) is 0 Å². The lowest BCUT2D eigenvalue weighted by molar-refractivity contribution is 0.200. The van der Waals surface area contributed by atoms with Crippen LogP contribution in [-0.2, 0) is 0 Å². The Kier molecular flexibility index (Phi) is 4.81. The van der Waals surface area contributed by atoms with Crippen molar-refractivity contribution in [1.82, 2.24) is 4.90 Å². The number of piperazine rings is 1. The second-order valence-electron chi connectivity index (χ2n) is 6.84. The summed E-state index contributed by atoms with van der Waals surface area (Å²) in [6.07, 6.45) is 7.69. The minimum Gasteiger partial charge on any atom is -0.369 e. The first-order valence-corrected chi connectivity index (χ1v) is 8.56. The average Bonchev–Trinajstić information content (AvgIpc) is 2.55. The molecular weight excluding hydrogens is 258 g/mol. The monoisotopic (exact) mass is 287 g/mol. The van der Waals surface area contributed by atoms with Crippen LogP contribution in [0, 0.1) is 0 Å². The molecule has 1 saturated heterocycles. The highest BCUT2D eigenvalue weighted by atomic mass is 15.3. The van der Waals surface area contributed by atoms with E-state index in [1.54, 1.807) is 0 Å². The van der Waals surface area contributed by atoms with Crippen LogP contribution < -0.4 is 10.6 Å². The SMILES string of the molecule is NC1(CCN2CCN(c3ccccc3)CC2)CCCCC1. The van der Waals surface area contributed by atoms with Crippen LogP contribution in [0.3, 0.4) is 0 Å². The van der Waals surface area contributed by atoms with Gasteiger partial charge < -0.3 is 10.6 Å². The molecule has 1 aromatic carbocycles. The van der Waals surface area contributed by atoms with Gasteiger partial charge in [-0.25, -0.2) is 0 Å². The van der Waals surface area contributed by atoms with E-state index in [0.717, 1.165) is 13.1 Å². The number of hydrogen-bond acceptors (Lipinski definition) is 3. The van der Waals surface area contributed by atoms with Gasteiger partial charge in [-0.3, -0.25) is 4.90 Å². The second-order valence-corrected chi connectivity index (χ2v) is 6.84. The zero-order chi connectivity index (χ0) is 14.5. The van der Waals surface area contributed by atoms with Crippen molar-refractivity contribution in [3.63, 3.8) is 0 Å². The Bertz CT molecular complexity index is 417. The van der Waals surface area contributed by atoms with Gasteiger partial charge in [0, 0.05) is 44.0 Å². The third kappa shape index (κ3) is 3.98. The van der Waals surface area contributed by atoms with Crippen molar-refractivity contribution in [2.45, 2.75) is 44.1 Å². The fourth-order valence-electron chi connectivity index (χ4n) is 3.76. The third-order valence-electron chi connectivity index (χ3n) is 5.27. The van der Waals surface area contributed by atoms with Gasteiger partial charge in [-0.2, -0.15) is 0 Å². The molecule has 2 N–H and O–H groups in total. The predicted molar refractivity (Wildman–Crippen MR) is 89.7 cm³/mol. The maximum absolute atomic E-state index is 6.56. The summed E-state index contributed by atoms with van der Waals surface area (Å²) in [6, 6.07) is 10.8. The maximum Gasteiger partial charge on any atom is 0.0367 e. The summed E-state index contributed by atoms with van der Waals surface area (Å²) in [4.78, 5) is 5.10. The van der Waals surface area contributed by atoms with Crippen LogP contribution in [0.4, 0.5) is 5.69 Å². The van der Waals surface area contributed by atoms with E-state index in [2.05, 4.69) is 40.1 Å². The first-order chi connectivity index (χ1) is 10.3. The van der Waals surface area contributed by atoms with Crippen LogP contribution in [-0.4, -0.2) is 43.2 Å². The number of nitrogens with zero attached hydrogens (tertiary/aromatic N) is 2. The molecule has 3 rings (SSSR count). The average molecular weight is 287 g/mol. The molecule has 21 heavy (non-hydrogen) atoms. The molecule has 1 aliphatic carbocycles. The number of benzene rings is 1. The summed E-state index contributed by atoms with van der Waals surface area (Å²) >= 11 is 0. The lowest BCUT2D eigenvalue weighted by Gasteiger charge is -2.39. The molecule has 1 heterocycles. The van der Waals surface area contributed by atoms with Crippen molar-refractivity contribution in [3.8, 4) is 0 Å². The highest BCUT2D eigenvalue weighted by molar-refractivity contribution is 5.46. The Balaban J connectivity index is 1.43. The minimum absolute atomic E-state index is 0.134. The van der Waals surface area contributed by atoms with Crippen molar-refractivity contribution in [3.05, 3.63) is 30.3 Å². The number of rotatable bonds is 4. The third-order valence-corrected chi connectivity index (χ3v) is 5.27. The van der Waals surface area contributed by atoms with Gasteiger partial charge in [0.1, 0.15) is 0 Å². The summed E-state index contributed by atoms with van der Waals surface area (Å²) < 4.78 is 0. The molecule has 0 bridgehead atoms. The van der Waals surface area contributed by atoms with E-state index in [4.69, 9.17) is 5.73 Å². The largest absolute Gasteiger partial charge is 0.369 e. The van der Waals surface area contributed by atoms with Crippen LogP contribution in [0.1, 0.15) is 38.5 Å². The molecule has 3 heteroatoms. The minimum atomic E-state index is 0.134. The van der Waals surface area contributed by atoms with Crippen molar-refractivity contribution < 1.29 is 0 Å². The summed E-state index contributed by atoms with van der Waals surface area (Å²) in [7, 11) is 0. The van der Waals surface area contributed by atoms with Crippen molar-refractivity contribution in [2.75, 3.05) is 37.6 Å². The maximum atomic E-state index is 6.56. The van der Waals surface area contributed by atoms with E-state index in [1.807, 2.05) is 0 Å². The fourth-order valence-corrected chi connectivity index (χ4v) is 3.76. The lowest BCUT2D eigenvalue weighted by Crippen LogP contribution is -2.50. The highest BCUT2D eigenvalue weighted by Gasteiger charge is 2.28. The topological polar surface area (TPSA) is 32.5 Å². The molecule has 116 valence electrons. The Morgan fingerprint density at radius 1 is 0.905 bits per heavy atom. The standard InChI is InChI=1S/C18H29N3/c19-18(9-5-2-6-10-18)11-12-20-13-15-21(16-14-20)17-7-3-1-4-8-17/h1,3-4,7-8H,2,5-6,9-16,19H2. The molecule has 0 aromatic heterocycles. The van der Waals surface area contributed by atoms with E-state index < -0.39 is 0 Å². The fraction of sp³-hybridized carbons (Fsp3) is 0.667. The normalized spacial score (nSPS) is 23.2. The summed E-state index contributed by atoms with van der Waals surface area (Å²) in [5.74, 6) is 0. The number of anilines is 1. The molecule has 3 nitrogen and oxygen atoms in total. The van der Waals surface area contributed by atoms with Gasteiger partial charge in [-0.1, -0.05) is 37.5 Å². The van der Waals surface area contributed by atoms with Crippen LogP contribution in [0.25, 0.3) is 0 Å². The number of nitrogens with two attached hydrogens (primary N) is 1. The van der Waals surface area contributed by atoms with Gasteiger partial charge in [0.2, 0.25) is 0 Å². The number of hydrogen-bond donors (Lipinski definition) is 1. The van der Waals surface area contributed by atoms with Crippen LogP contribution in [0.15, 0.2) is 30.3 Å². The van der Waals surface area contributed by atoms with Crippen LogP contribution in [0.2, 0.25) is 0 Å². The molecule has 1 aliphatic heterocycles. The van der Waals surface area contributed by atoms with Gasteiger partial charge in [0.25, 0.3) is 0 Å². The van der Waals surface area contributed by atoms with Gasteiger partial charge in [-0.15, -0.1) is 0 Å².